The molecule has 0 saturated heterocycles. The van der Waals surface area contributed by atoms with E-state index in [2.05, 4.69) is 109 Å². The molecule has 0 amide bonds. The van der Waals surface area contributed by atoms with E-state index in [9.17, 15) is 4.79 Å². The molecule has 0 atom stereocenters. The second-order valence-electron chi connectivity index (χ2n) is 10.7. The molecule has 0 saturated carbocycles. The minimum absolute atomic E-state index is 0.0884. The van der Waals surface area contributed by atoms with E-state index in [1.54, 1.807) is 11.3 Å². The maximum atomic E-state index is 13.3. The Labute approximate surface area is 247 Å². The van der Waals surface area contributed by atoms with E-state index >= 15 is 0 Å². The first-order chi connectivity index (χ1) is 20.1. The Morgan fingerprint density at radius 3 is 2.00 bits per heavy atom. The number of hydrogen-bond donors (Lipinski definition) is 0. The number of hydrogen-bond acceptors (Lipinski definition) is 2. The molecule has 0 spiro atoms. The van der Waals surface area contributed by atoms with E-state index in [1.807, 2.05) is 24.3 Å². The van der Waals surface area contributed by atoms with Gasteiger partial charge in [0, 0.05) is 0 Å². The summed E-state index contributed by atoms with van der Waals surface area (Å²) in [6.07, 6.45) is 0. The van der Waals surface area contributed by atoms with Gasteiger partial charge >= 0.3 is 249 Å². The first-order valence-electron chi connectivity index (χ1n) is 13.7. The molecule has 5 aromatic carbocycles. The van der Waals surface area contributed by atoms with Crippen LogP contribution in [0.4, 0.5) is 0 Å². The van der Waals surface area contributed by atoms with Crippen molar-refractivity contribution in [3.63, 3.8) is 0 Å². The number of rotatable bonds is 3. The Morgan fingerprint density at radius 1 is 0.585 bits per heavy atom. The molecule has 0 aliphatic carbocycles. The van der Waals surface area contributed by atoms with Crippen molar-refractivity contribution in [2.75, 3.05) is 0 Å². The van der Waals surface area contributed by atoms with Crippen LogP contribution in [0.1, 0.15) is 11.1 Å². The number of para-hydroxylation sites is 2. The van der Waals surface area contributed by atoms with Gasteiger partial charge in [-0.1, -0.05) is 0 Å². The van der Waals surface area contributed by atoms with Crippen LogP contribution in [0.2, 0.25) is 0 Å². The van der Waals surface area contributed by atoms with E-state index < -0.39 is 0 Å². The van der Waals surface area contributed by atoms with Crippen LogP contribution in [0.5, 0.6) is 0 Å². The van der Waals surface area contributed by atoms with Crippen LogP contribution in [-0.4, -0.2) is 19.1 Å². The fourth-order valence-electron chi connectivity index (χ4n) is 6.19. The summed E-state index contributed by atoms with van der Waals surface area (Å²) in [6.45, 7) is 4.41. The SMILES string of the molecule is Cc1cccc2c3cccc(C)c3n(-c3cc(-c4ccc5c(=O)c6ccccc6[se]c5c4)cc(-c4cccs4)c3)c12. The zero-order valence-electron chi connectivity index (χ0n) is 22.6. The number of aromatic nitrogens is 1. The Morgan fingerprint density at radius 2 is 1.27 bits per heavy atom. The normalized spacial score (nSPS) is 11.8. The molecule has 0 unspecified atom stereocenters. The van der Waals surface area contributed by atoms with Crippen molar-refractivity contribution in [2.24, 2.45) is 0 Å². The predicted molar refractivity (Wildman–Crippen MR) is 177 cm³/mol. The number of nitrogens with zero attached hydrogens (tertiary/aromatic N) is 1. The molecule has 2 nitrogen and oxygen atoms in total. The molecule has 0 aliphatic heterocycles. The van der Waals surface area contributed by atoms with E-state index in [0.717, 1.165) is 31.8 Å². The summed E-state index contributed by atoms with van der Waals surface area (Å²) >= 11 is 1.85. The molecule has 3 aromatic heterocycles. The molecule has 0 aliphatic rings. The molecular formula is C37H25NOSSe. The van der Waals surface area contributed by atoms with Crippen LogP contribution in [0, 0.1) is 13.8 Å². The minimum atomic E-state index is 0.0884. The third-order valence-electron chi connectivity index (χ3n) is 8.11. The Hall–Kier alpha value is -4.21. The monoisotopic (exact) mass is 611 g/mol. The van der Waals surface area contributed by atoms with Crippen molar-refractivity contribution >= 4 is 66.9 Å². The third kappa shape index (κ3) is 3.87. The van der Waals surface area contributed by atoms with Crippen LogP contribution in [0.25, 0.3) is 68.4 Å². The van der Waals surface area contributed by atoms with Crippen molar-refractivity contribution in [1.29, 1.82) is 0 Å². The molecule has 0 N–H and O–H groups in total. The Balaban J connectivity index is 1.44. The van der Waals surface area contributed by atoms with Gasteiger partial charge in [0.2, 0.25) is 0 Å². The van der Waals surface area contributed by atoms with Crippen molar-refractivity contribution in [3.05, 3.63) is 136 Å². The second-order valence-corrected chi connectivity index (χ2v) is 13.9. The Bertz CT molecular complexity index is 2300. The summed E-state index contributed by atoms with van der Waals surface area (Å²) in [5.74, 6) is 0. The summed E-state index contributed by atoms with van der Waals surface area (Å²) in [4.78, 5) is 14.5. The standard InChI is InChI=1S/C37H25NOSSe/c1-22-8-5-11-28-29-12-6-9-23(2)36(29)38(35(22)28)27-19-25(18-26(20-27)32-13-7-17-40-32)24-15-16-31-34(21-24)41-33-14-4-3-10-30(33)37(31)39/h3-21H,1-2H3. The first kappa shape index (κ1) is 24.6. The van der Waals surface area contributed by atoms with Gasteiger partial charge < -0.3 is 0 Å². The van der Waals surface area contributed by atoms with Crippen LogP contribution in [0.15, 0.2) is 119 Å². The van der Waals surface area contributed by atoms with E-state index in [1.165, 1.54) is 47.6 Å². The van der Waals surface area contributed by atoms with Crippen LogP contribution >= 0.6 is 11.3 Å². The molecule has 0 bridgehead atoms. The summed E-state index contributed by atoms with van der Waals surface area (Å²) in [5, 5.41) is 6.39. The molecule has 3 heterocycles. The summed E-state index contributed by atoms with van der Waals surface area (Å²) in [5.41, 5.74) is 9.82. The second kappa shape index (κ2) is 9.43. The summed E-state index contributed by atoms with van der Waals surface area (Å²) < 4.78 is 4.78. The van der Waals surface area contributed by atoms with Crippen LogP contribution in [0.3, 0.4) is 0 Å². The fraction of sp³-hybridized carbons (Fsp3) is 0.0541. The number of thiophene rings is 1. The van der Waals surface area contributed by atoms with Gasteiger partial charge in [-0.25, -0.2) is 0 Å². The zero-order chi connectivity index (χ0) is 27.7. The van der Waals surface area contributed by atoms with Crippen molar-refractivity contribution in [1.82, 2.24) is 4.57 Å². The van der Waals surface area contributed by atoms with Gasteiger partial charge in [-0.15, -0.1) is 0 Å². The molecule has 8 rings (SSSR count). The average Bonchev–Trinajstić information content (AvgIpc) is 3.65. The molecule has 0 fully saturated rings. The average molecular weight is 611 g/mol. The van der Waals surface area contributed by atoms with Gasteiger partial charge in [-0.05, 0) is 0 Å². The van der Waals surface area contributed by atoms with E-state index in [-0.39, 0.29) is 19.9 Å². The first-order valence-corrected chi connectivity index (χ1v) is 16.3. The summed E-state index contributed by atoms with van der Waals surface area (Å²) in [7, 11) is 0. The van der Waals surface area contributed by atoms with Gasteiger partial charge in [0.1, 0.15) is 0 Å². The van der Waals surface area contributed by atoms with Gasteiger partial charge in [-0.2, -0.15) is 0 Å². The van der Waals surface area contributed by atoms with E-state index in [4.69, 9.17) is 0 Å². The van der Waals surface area contributed by atoms with Crippen LogP contribution < -0.4 is 5.43 Å². The van der Waals surface area contributed by atoms with Gasteiger partial charge in [-0.3, -0.25) is 0 Å². The number of aryl methyl sites for hydroxylation is 2. The molecular weight excluding hydrogens is 585 g/mol. The fourth-order valence-corrected chi connectivity index (χ4v) is 9.23. The van der Waals surface area contributed by atoms with Crippen LogP contribution in [-0.2, 0) is 0 Å². The number of benzene rings is 5. The topological polar surface area (TPSA) is 22.0 Å². The molecule has 0 radical (unpaired) electrons. The van der Waals surface area contributed by atoms with Gasteiger partial charge in [0.25, 0.3) is 0 Å². The Kier molecular flexibility index (Phi) is 5.65. The zero-order valence-corrected chi connectivity index (χ0v) is 25.2. The summed E-state index contributed by atoms with van der Waals surface area (Å²) in [6, 6.07) is 39.0. The molecule has 8 aromatic rings. The predicted octanol–water partition coefficient (Wildman–Crippen LogP) is 9.52. The van der Waals surface area contributed by atoms with Crippen molar-refractivity contribution in [2.45, 2.75) is 13.8 Å². The van der Waals surface area contributed by atoms with Gasteiger partial charge in [0.05, 0.1) is 0 Å². The molecule has 196 valence electrons. The van der Waals surface area contributed by atoms with E-state index in [0.29, 0.717) is 0 Å². The maximum absolute atomic E-state index is 13.3. The third-order valence-corrected chi connectivity index (χ3v) is 11.4. The molecule has 4 heteroatoms. The van der Waals surface area contributed by atoms with Crippen molar-refractivity contribution in [3.8, 4) is 27.3 Å². The van der Waals surface area contributed by atoms with Gasteiger partial charge in [0.15, 0.2) is 0 Å². The molecule has 41 heavy (non-hydrogen) atoms. The van der Waals surface area contributed by atoms with Crippen molar-refractivity contribution < 1.29 is 0 Å². The number of fused-ring (bicyclic) bond motifs is 5. The quantitative estimate of drug-likeness (QED) is 0.144.